The van der Waals surface area contributed by atoms with Gasteiger partial charge in [-0.1, -0.05) is 78.1 Å². The maximum Gasteiger partial charge on any atom is 0.326 e. The van der Waals surface area contributed by atoms with Crippen LogP contribution in [-0.2, 0) is 23.8 Å². The molecule has 0 aliphatic rings. The van der Waals surface area contributed by atoms with E-state index in [-0.39, 0.29) is 12.4 Å². The highest BCUT2D eigenvalue weighted by Gasteiger charge is 2.30. The maximum absolute atomic E-state index is 12.3. The first-order valence-corrected chi connectivity index (χ1v) is 12.1. The third-order valence-electron chi connectivity index (χ3n) is 5.05. The van der Waals surface area contributed by atoms with E-state index in [4.69, 9.17) is 19.3 Å². The molecular weight excluding hydrogens is 384 g/mol. The van der Waals surface area contributed by atoms with E-state index in [2.05, 4.69) is 13.8 Å². The van der Waals surface area contributed by atoms with E-state index in [1.54, 1.807) is 6.92 Å². The maximum atomic E-state index is 12.3. The summed E-state index contributed by atoms with van der Waals surface area (Å²) in [6.45, 7) is 7.08. The number of hydrogen-bond donors (Lipinski definition) is 1. The molecule has 0 aromatic heterocycles. The lowest BCUT2D eigenvalue weighted by molar-refractivity contribution is -0.353. The van der Waals surface area contributed by atoms with Crippen LogP contribution in [0.1, 0.15) is 124 Å². The van der Waals surface area contributed by atoms with Crippen molar-refractivity contribution in [3.05, 3.63) is 0 Å². The fraction of sp³-hybridized carbons (Fsp3) is 0.917. The SMILES string of the molecule is CCCCCCOC(C)(OCCCCCC)OC(=O)CCCCCCCCC(=O)O. The summed E-state index contributed by atoms with van der Waals surface area (Å²) in [6, 6.07) is 0. The number of carboxylic acid groups (broad SMARTS) is 1. The molecule has 0 aliphatic carbocycles. The summed E-state index contributed by atoms with van der Waals surface area (Å²) in [5.74, 6) is -2.32. The van der Waals surface area contributed by atoms with Crippen LogP contribution in [0.5, 0.6) is 0 Å². The van der Waals surface area contributed by atoms with Gasteiger partial charge in [0, 0.05) is 19.8 Å². The van der Waals surface area contributed by atoms with Crippen LogP contribution in [0.25, 0.3) is 0 Å². The number of aliphatic carboxylic acids is 1. The minimum Gasteiger partial charge on any atom is -0.481 e. The molecule has 0 spiro atoms. The van der Waals surface area contributed by atoms with E-state index in [1.807, 2.05) is 0 Å². The van der Waals surface area contributed by atoms with Crippen LogP contribution >= 0.6 is 0 Å². The number of ether oxygens (including phenoxy) is 3. The molecular formula is C24H46O6. The molecule has 0 bridgehead atoms. The summed E-state index contributed by atoms with van der Waals surface area (Å²) < 4.78 is 17.2. The lowest BCUT2D eigenvalue weighted by Crippen LogP contribution is -2.38. The molecule has 1 N–H and O–H groups in total. The molecule has 0 fully saturated rings. The van der Waals surface area contributed by atoms with E-state index in [9.17, 15) is 9.59 Å². The van der Waals surface area contributed by atoms with Gasteiger partial charge in [0.25, 0.3) is 0 Å². The molecule has 6 heteroatoms. The van der Waals surface area contributed by atoms with Gasteiger partial charge in [-0.05, 0) is 25.7 Å². The fourth-order valence-electron chi connectivity index (χ4n) is 3.18. The highest BCUT2D eigenvalue weighted by atomic mass is 16.9. The minimum atomic E-state index is -1.30. The van der Waals surface area contributed by atoms with Crippen molar-refractivity contribution in [2.75, 3.05) is 13.2 Å². The first kappa shape index (κ1) is 28.9. The number of hydrogen-bond acceptors (Lipinski definition) is 5. The first-order valence-electron chi connectivity index (χ1n) is 12.1. The molecule has 0 aromatic rings. The van der Waals surface area contributed by atoms with Gasteiger partial charge in [0.1, 0.15) is 0 Å². The Hall–Kier alpha value is -1.14. The zero-order valence-electron chi connectivity index (χ0n) is 19.7. The lowest BCUT2D eigenvalue weighted by atomic mass is 10.1. The van der Waals surface area contributed by atoms with Crippen molar-refractivity contribution in [3.63, 3.8) is 0 Å². The standard InChI is InChI=1S/C24H46O6/c1-4-6-8-16-20-28-24(3,29-21-17-9-7-5-2)30-23(27)19-15-13-11-10-12-14-18-22(25)26/h4-21H2,1-3H3,(H,25,26). The number of carbonyl (C=O) groups excluding carboxylic acids is 1. The molecule has 6 nitrogen and oxygen atoms in total. The van der Waals surface area contributed by atoms with Crippen LogP contribution in [0.15, 0.2) is 0 Å². The summed E-state index contributed by atoms with van der Waals surface area (Å²) in [6.07, 6.45) is 14.7. The zero-order chi connectivity index (χ0) is 22.5. The van der Waals surface area contributed by atoms with Crippen molar-refractivity contribution in [3.8, 4) is 0 Å². The Labute approximate surface area is 184 Å². The van der Waals surface area contributed by atoms with E-state index >= 15 is 0 Å². The number of carbonyl (C=O) groups is 2. The Morgan fingerprint density at radius 2 is 1.10 bits per heavy atom. The number of carboxylic acids is 1. The van der Waals surface area contributed by atoms with Gasteiger partial charge in [-0.15, -0.1) is 0 Å². The third-order valence-corrected chi connectivity index (χ3v) is 5.05. The topological polar surface area (TPSA) is 82.1 Å². The second kappa shape index (κ2) is 19.8. The van der Waals surface area contributed by atoms with Gasteiger partial charge in [-0.3, -0.25) is 9.59 Å². The van der Waals surface area contributed by atoms with Crippen LogP contribution in [0.3, 0.4) is 0 Å². The molecule has 0 radical (unpaired) electrons. The van der Waals surface area contributed by atoms with Crippen LogP contribution in [0.4, 0.5) is 0 Å². The second-order valence-corrected chi connectivity index (χ2v) is 8.17. The Morgan fingerprint density at radius 3 is 1.57 bits per heavy atom. The van der Waals surface area contributed by atoms with Crippen molar-refractivity contribution < 1.29 is 28.9 Å². The number of unbranched alkanes of at least 4 members (excludes halogenated alkanes) is 11. The average molecular weight is 431 g/mol. The molecule has 0 aliphatic heterocycles. The predicted octanol–water partition coefficient (Wildman–Crippen LogP) is 6.60. The predicted molar refractivity (Wildman–Crippen MR) is 119 cm³/mol. The molecule has 178 valence electrons. The highest BCUT2D eigenvalue weighted by Crippen LogP contribution is 2.19. The molecule has 0 rings (SSSR count). The molecule has 0 aromatic carbocycles. The highest BCUT2D eigenvalue weighted by molar-refractivity contribution is 5.69. The van der Waals surface area contributed by atoms with E-state index in [0.717, 1.165) is 64.2 Å². The van der Waals surface area contributed by atoms with Gasteiger partial charge in [-0.2, -0.15) is 0 Å². The summed E-state index contributed by atoms with van der Waals surface area (Å²) in [7, 11) is 0. The number of esters is 1. The normalized spacial score (nSPS) is 11.6. The largest absolute Gasteiger partial charge is 0.481 e. The number of rotatable bonds is 22. The van der Waals surface area contributed by atoms with Crippen molar-refractivity contribution in [2.45, 2.75) is 129 Å². The van der Waals surface area contributed by atoms with Crippen LogP contribution < -0.4 is 0 Å². The average Bonchev–Trinajstić information content (AvgIpc) is 2.69. The van der Waals surface area contributed by atoms with Gasteiger partial charge >= 0.3 is 17.9 Å². The van der Waals surface area contributed by atoms with Gasteiger partial charge in [-0.25, -0.2) is 0 Å². The Balaban J connectivity index is 4.14. The van der Waals surface area contributed by atoms with Crippen LogP contribution in [-0.4, -0.2) is 36.2 Å². The fourth-order valence-corrected chi connectivity index (χ4v) is 3.18. The lowest BCUT2D eigenvalue weighted by Gasteiger charge is -2.29. The van der Waals surface area contributed by atoms with E-state index in [0.29, 0.717) is 19.6 Å². The van der Waals surface area contributed by atoms with Crippen LogP contribution in [0, 0.1) is 0 Å². The van der Waals surface area contributed by atoms with Gasteiger partial charge in [0.2, 0.25) is 0 Å². The molecule has 0 saturated carbocycles. The Bertz CT molecular complexity index is 410. The van der Waals surface area contributed by atoms with Crippen molar-refractivity contribution >= 4 is 11.9 Å². The first-order chi connectivity index (χ1) is 14.4. The van der Waals surface area contributed by atoms with E-state index < -0.39 is 11.9 Å². The van der Waals surface area contributed by atoms with Gasteiger partial charge in [0.05, 0.1) is 13.2 Å². The second-order valence-electron chi connectivity index (χ2n) is 8.17. The summed E-state index contributed by atoms with van der Waals surface area (Å²) >= 11 is 0. The third kappa shape index (κ3) is 18.9. The Kier molecular flexibility index (Phi) is 19.0. The zero-order valence-corrected chi connectivity index (χ0v) is 19.7. The molecule has 0 amide bonds. The van der Waals surface area contributed by atoms with Crippen molar-refractivity contribution in [2.24, 2.45) is 0 Å². The van der Waals surface area contributed by atoms with E-state index in [1.165, 1.54) is 25.7 Å². The molecule has 0 atom stereocenters. The summed E-state index contributed by atoms with van der Waals surface area (Å²) in [4.78, 5) is 22.8. The van der Waals surface area contributed by atoms with Gasteiger partial charge in [0.15, 0.2) is 0 Å². The molecule has 30 heavy (non-hydrogen) atoms. The summed E-state index contributed by atoms with van der Waals surface area (Å²) in [5, 5.41) is 8.62. The summed E-state index contributed by atoms with van der Waals surface area (Å²) in [5.41, 5.74) is 0. The molecule has 0 unspecified atom stereocenters. The van der Waals surface area contributed by atoms with Crippen molar-refractivity contribution in [1.29, 1.82) is 0 Å². The smallest absolute Gasteiger partial charge is 0.326 e. The minimum absolute atomic E-state index is 0.238. The Morgan fingerprint density at radius 1 is 0.667 bits per heavy atom. The van der Waals surface area contributed by atoms with Crippen molar-refractivity contribution in [1.82, 2.24) is 0 Å². The van der Waals surface area contributed by atoms with Gasteiger partial charge < -0.3 is 19.3 Å². The monoisotopic (exact) mass is 430 g/mol. The van der Waals surface area contributed by atoms with Crippen LogP contribution in [0.2, 0.25) is 0 Å². The quantitative estimate of drug-likeness (QED) is 0.118. The molecule has 0 heterocycles. The molecule has 0 saturated heterocycles.